The first-order valence-corrected chi connectivity index (χ1v) is 5.77. The van der Waals surface area contributed by atoms with Gasteiger partial charge in [-0.2, -0.15) is 5.10 Å². The summed E-state index contributed by atoms with van der Waals surface area (Å²) >= 11 is 5.05. The van der Waals surface area contributed by atoms with Crippen LogP contribution in [-0.4, -0.2) is 20.3 Å². The molecule has 0 aliphatic carbocycles. The van der Waals surface area contributed by atoms with Crippen LogP contribution in [0.25, 0.3) is 0 Å². The van der Waals surface area contributed by atoms with E-state index in [-0.39, 0.29) is 0 Å². The number of nitrogens with two attached hydrogens (primary N) is 1. The average molecular weight is 263 g/mol. The number of aromatic nitrogens is 3. The van der Waals surface area contributed by atoms with E-state index in [0.717, 1.165) is 16.8 Å². The molecule has 94 valence electrons. The molecule has 0 aliphatic heterocycles. The maximum atomic E-state index is 5.72. The summed E-state index contributed by atoms with van der Waals surface area (Å²) in [5, 5.41) is 14.8. The fourth-order valence-electron chi connectivity index (χ4n) is 1.54. The van der Waals surface area contributed by atoms with Crippen molar-refractivity contribution in [1.29, 1.82) is 0 Å². The Morgan fingerprint density at radius 2 is 2.22 bits per heavy atom. The molecule has 0 bridgehead atoms. The van der Waals surface area contributed by atoms with Crippen molar-refractivity contribution in [3.63, 3.8) is 0 Å². The Morgan fingerprint density at radius 3 is 2.83 bits per heavy atom. The molecule has 7 heteroatoms. The van der Waals surface area contributed by atoms with Gasteiger partial charge in [0.1, 0.15) is 4.99 Å². The number of nitrogens with zero attached hydrogens (tertiary/aromatic N) is 3. The molecule has 2 rings (SSSR count). The van der Waals surface area contributed by atoms with Gasteiger partial charge in [0.05, 0.1) is 24.0 Å². The molecular weight excluding hydrogens is 250 g/mol. The molecule has 2 aromatic rings. The predicted molar refractivity (Wildman–Crippen MR) is 71.2 cm³/mol. The molecule has 0 spiro atoms. The van der Waals surface area contributed by atoms with Crippen LogP contribution < -0.4 is 11.1 Å². The molecule has 2 heterocycles. The molecule has 0 aromatic carbocycles. The zero-order valence-electron chi connectivity index (χ0n) is 10.1. The summed E-state index contributed by atoms with van der Waals surface area (Å²) in [6.07, 6.45) is 1.58. The Labute approximate surface area is 110 Å². The van der Waals surface area contributed by atoms with Crippen molar-refractivity contribution in [2.75, 3.05) is 5.32 Å². The topological polar surface area (TPSA) is 89.9 Å². The molecule has 0 amide bonds. The van der Waals surface area contributed by atoms with Crippen molar-refractivity contribution in [1.82, 2.24) is 15.4 Å². The van der Waals surface area contributed by atoms with Crippen LogP contribution in [0.5, 0.6) is 0 Å². The highest BCUT2D eigenvalue weighted by Crippen LogP contribution is 2.18. The third-order valence-electron chi connectivity index (χ3n) is 2.62. The van der Waals surface area contributed by atoms with Crippen molar-refractivity contribution in [2.24, 2.45) is 5.73 Å². The van der Waals surface area contributed by atoms with Gasteiger partial charge in [0.25, 0.3) is 0 Å². The molecule has 0 atom stereocenters. The molecule has 0 saturated carbocycles. The van der Waals surface area contributed by atoms with Gasteiger partial charge in [-0.25, -0.2) is 0 Å². The van der Waals surface area contributed by atoms with Gasteiger partial charge >= 0.3 is 0 Å². The van der Waals surface area contributed by atoms with Crippen molar-refractivity contribution >= 4 is 23.0 Å². The van der Waals surface area contributed by atoms with E-state index in [2.05, 4.69) is 20.7 Å². The van der Waals surface area contributed by atoms with Gasteiger partial charge in [-0.15, -0.1) is 5.10 Å². The second kappa shape index (κ2) is 5.09. The predicted octanol–water partition coefficient (Wildman–Crippen LogP) is 1.33. The third-order valence-corrected chi connectivity index (χ3v) is 2.83. The van der Waals surface area contributed by atoms with Crippen molar-refractivity contribution in [3.8, 4) is 0 Å². The van der Waals surface area contributed by atoms with E-state index in [1.165, 1.54) is 0 Å². The third kappa shape index (κ3) is 2.45. The summed E-state index contributed by atoms with van der Waals surface area (Å²) < 4.78 is 4.98. The van der Waals surface area contributed by atoms with Crippen LogP contribution in [0.1, 0.15) is 22.6 Å². The Morgan fingerprint density at radius 1 is 1.44 bits per heavy atom. The molecule has 0 unspecified atom stereocenters. The first-order chi connectivity index (χ1) is 8.59. The maximum absolute atomic E-state index is 5.72. The molecule has 18 heavy (non-hydrogen) atoms. The zero-order valence-corrected chi connectivity index (χ0v) is 10.9. The minimum absolute atomic E-state index is 0.297. The smallest absolute Gasteiger partial charge is 0.159 e. The second-order valence-corrected chi connectivity index (χ2v) is 4.27. The van der Waals surface area contributed by atoms with Crippen molar-refractivity contribution < 1.29 is 4.52 Å². The van der Waals surface area contributed by atoms with E-state index in [0.29, 0.717) is 23.1 Å². The SMILES string of the molecule is Cc1nnc(NCc2ccno2)c(C(N)=S)c1C. The molecular formula is C11H13N5OS. The normalized spacial score (nSPS) is 10.3. The highest BCUT2D eigenvalue weighted by Gasteiger charge is 2.13. The van der Waals surface area contributed by atoms with E-state index < -0.39 is 0 Å². The number of rotatable bonds is 4. The Hall–Kier alpha value is -2.02. The van der Waals surface area contributed by atoms with Crippen molar-refractivity contribution in [3.05, 3.63) is 34.8 Å². The van der Waals surface area contributed by atoms with Gasteiger partial charge in [0, 0.05) is 6.07 Å². The van der Waals surface area contributed by atoms with Crippen LogP contribution >= 0.6 is 12.2 Å². The molecule has 0 aliphatic rings. The fraction of sp³-hybridized carbons (Fsp3) is 0.273. The van der Waals surface area contributed by atoms with Crippen LogP contribution in [-0.2, 0) is 6.54 Å². The monoisotopic (exact) mass is 263 g/mol. The summed E-state index contributed by atoms with van der Waals surface area (Å²) in [5.41, 5.74) is 8.18. The highest BCUT2D eigenvalue weighted by molar-refractivity contribution is 7.80. The van der Waals surface area contributed by atoms with Crippen LogP contribution in [0, 0.1) is 13.8 Å². The lowest BCUT2D eigenvalue weighted by Crippen LogP contribution is -2.18. The van der Waals surface area contributed by atoms with Crippen LogP contribution in [0.4, 0.5) is 5.82 Å². The Kier molecular flexibility index (Phi) is 3.52. The largest absolute Gasteiger partial charge is 0.389 e. The lowest BCUT2D eigenvalue weighted by molar-refractivity contribution is 0.388. The second-order valence-electron chi connectivity index (χ2n) is 3.83. The van der Waals surface area contributed by atoms with Gasteiger partial charge in [0.2, 0.25) is 0 Å². The summed E-state index contributed by atoms with van der Waals surface area (Å²) in [4.78, 5) is 0.297. The summed E-state index contributed by atoms with van der Waals surface area (Å²) in [5.74, 6) is 1.26. The average Bonchev–Trinajstić information content (AvgIpc) is 2.83. The van der Waals surface area contributed by atoms with E-state index in [1.54, 1.807) is 12.3 Å². The highest BCUT2D eigenvalue weighted by atomic mass is 32.1. The molecule has 2 aromatic heterocycles. The lowest BCUT2D eigenvalue weighted by atomic mass is 10.1. The maximum Gasteiger partial charge on any atom is 0.159 e. The quantitative estimate of drug-likeness (QED) is 0.804. The summed E-state index contributed by atoms with van der Waals surface area (Å²) in [6, 6.07) is 1.77. The van der Waals surface area contributed by atoms with Gasteiger partial charge < -0.3 is 15.6 Å². The fourth-order valence-corrected chi connectivity index (χ4v) is 1.79. The van der Waals surface area contributed by atoms with Crippen LogP contribution in [0.3, 0.4) is 0 Å². The minimum Gasteiger partial charge on any atom is -0.389 e. The minimum atomic E-state index is 0.297. The van der Waals surface area contributed by atoms with Gasteiger partial charge in [-0.1, -0.05) is 17.4 Å². The van der Waals surface area contributed by atoms with Crippen molar-refractivity contribution in [2.45, 2.75) is 20.4 Å². The van der Waals surface area contributed by atoms with E-state index in [9.17, 15) is 0 Å². The summed E-state index contributed by atoms with van der Waals surface area (Å²) in [7, 11) is 0. The molecule has 0 saturated heterocycles. The number of thiocarbonyl (C=S) groups is 1. The van der Waals surface area contributed by atoms with Gasteiger partial charge in [-0.05, 0) is 19.4 Å². The lowest BCUT2D eigenvalue weighted by Gasteiger charge is -2.12. The molecule has 3 N–H and O–H groups in total. The first-order valence-electron chi connectivity index (χ1n) is 5.36. The Bertz CT molecular complexity index is 567. The first kappa shape index (κ1) is 12.4. The van der Waals surface area contributed by atoms with Gasteiger partial charge in [-0.3, -0.25) is 0 Å². The molecule has 6 nitrogen and oxygen atoms in total. The number of anilines is 1. The molecule has 0 fully saturated rings. The van der Waals surface area contributed by atoms with Gasteiger partial charge in [0.15, 0.2) is 11.6 Å². The number of aryl methyl sites for hydroxylation is 1. The summed E-state index contributed by atoms with van der Waals surface area (Å²) in [6.45, 7) is 4.23. The van der Waals surface area contributed by atoms with Crippen LogP contribution in [0.2, 0.25) is 0 Å². The van der Waals surface area contributed by atoms with E-state index in [4.69, 9.17) is 22.5 Å². The van der Waals surface area contributed by atoms with Crippen LogP contribution in [0.15, 0.2) is 16.8 Å². The number of hydrogen-bond donors (Lipinski definition) is 2. The standard InChI is InChI=1S/C11H13N5OS/c1-6-7(2)15-16-11(9(6)10(12)18)13-5-8-3-4-14-17-8/h3-4H,5H2,1-2H3,(H2,12,18)(H,13,16). The van der Waals surface area contributed by atoms with E-state index >= 15 is 0 Å². The molecule has 0 radical (unpaired) electrons. The number of nitrogens with one attached hydrogen (secondary N) is 1. The Balaban J connectivity index is 2.27. The number of hydrogen-bond acceptors (Lipinski definition) is 6. The zero-order chi connectivity index (χ0) is 13.1. The van der Waals surface area contributed by atoms with E-state index in [1.807, 2.05) is 13.8 Å².